The summed E-state index contributed by atoms with van der Waals surface area (Å²) in [5.41, 5.74) is 6.02. The van der Waals surface area contributed by atoms with Gasteiger partial charge in [-0.15, -0.1) is 0 Å². The Hall–Kier alpha value is -0.290. The van der Waals surface area contributed by atoms with Crippen LogP contribution in [0.1, 0.15) is 46.0 Å². The van der Waals surface area contributed by atoms with Gasteiger partial charge in [0.1, 0.15) is 0 Å². The minimum Gasteiger partial charge on any atom is -0.326 e. The summed E-state index contributed by atoms with van der Waals surface area (Å²) in [7, 11) is 0. The third-order valence-corrected chi connectivity index (χ3v) is 3.93. The summed E-state index contributed by atoms with van der Waals surface area (Å²) in [6.45, 7) is 3.48. The lowest BCUT2D eigenvalue weighted by Gasteiger charge is -2.41. The van der Waals surface area contributed by atoms with Gasteiger partial charge < -0.3 is 5.73 Å². The van der Waals surface area contributed by atoms with Gasteiger partial charge in [-0.25, -0.2) is 0 Å². The maximum atomic E-state index is 12.5. The first-order valence-corrected chi connectivity index (χ1v) is 6.93. The van der Waals surface area contributed by atoms with E-state index in [4.69, 9.17) is 5.73 Å². The molecule has 2 N–H and O–H groups in total. The fourth-order valence-electron chi connectivity index (χ4n) is 3.04. The first kappa shape index (κ1) is 15.8. The molecule has 1 rings (SSSR count). The Morgan fingerprint density at radius 2 is 1.89 bits per heavy atom. The second kappa shape index (κ2) is 6.75. The molecule has 5 heteroatoms. The smallest absolute Gasteiger partial charge is 0.326 e. The lowest BCUT2D eigenvalue weighted by Crippen LogP contribution is -2.53. The van der Waals surface area contributed by atoms with E-state index in [1.807, 2.05) is 0 Å². The molecule has 18 heavy (non-hydrogen) atoms. The van der Waals surface area contributed by atoms with E-state index in [1.165, 1.54) is 4.90 Å². The largest absolute Gasteiger partial charge is 0.401 e. The quantitative estimate of drug-likeness (QED) is 0.828. The summed E-state index contributed by atoms with van der Waals surface area (Å²) in [4.78, 5) is 1.51. The van der Waals surface area contributed by atoms with E-state index in [-0.39, 0.29) is 12.1 Å². The Kier molecular flexibility index (Phi) is 5.92. The lowest BCUT2D eigenvalue weighted by molar-refractivity contribution is -0.153. The van der Waals surface area contributed by atoms with E-state index < -0.39 is 12.7 Å². The summed E-state index contributed by atoms with van der Waals surface area (Å²) < 4.78 is 37.6. The molecule has 3 atom stereocenters. The topological polar surface area (TPSA) is 29.3 Å². The van der Waals surface area contributed by atoms with E-state index in [1.54, 1.807) is 6.92 Å². The molecule has 0 aromatic rings. The van der Waals surface area contributed by atoms with Crippen LogP contribution in [0.3, 0.4) is 0 Å². The minimum absolute atomic E-state index is 0.109. The van der Waals surface area contributed by atoms with Crippen molar-refractivity contribution in [3.63, 3.8) is 0 Å². The van der Waals surface area contributed by atoms with Crippen molar-refractivity contribution in [3.8, 4) is 0 Å². The molecule has 1 fully saturated rings. The van der Waals surface area contributed by atoms with Gasteiger partial charge in [0.2, 0.25) is 0 Å². The third-order valence-electron chi connectivity index (χ3n) is 3.93. The molecule has 0 amide bonds. The third kappa shape index (κ3) is 4.76. The van der Waals surface area contributed by atoms with Gasteiger partial charge in [-0.05, 0) is 31.7 Å². The van der Waals surface area contributed by atoms with Crippen molar-refractivity contribution in [2.45, 2.75) is 64.2 Å². The first-order valence-electron chi connectivity index (χ1n) is 6.93. The molecular formula is C13H25F3N2. The Bertz CT molecular complexity index is 243. The molecule has 0 aliphatic heterocycles. The van der Waals surface area contributed by atoms with E-state index in [0.717, 1.165) is 32.1 Å². The maximum Gasteiger partial charge on any atom is 0.401 e. The molecule has 0 aromatic heterocycles. The number of likely N-dealkylation sites (N-methyl/N-ethyl adjacent to an activating group) is 1. The van der Waals surface area contributed by atoms with E-state index in [9.17, 15) is 13.2 Å². The van der Waals surface area contributed by atoms with Crippen molar-refractivity contribution < 1.29 is 13.2 Å². The number of nitrogens with zero attached hydrogens (tertiary/aromatic N) is 1. The van der Waals surface area contributed by atoms with Gasteiger partial charge in [0.05, 0.1) is 6.54 Å². The average molecular weight is 266 g/mol. The van der Waals surface area contributed by atoms with E-state index >= 15 is 0 Å². The second-order valence-electron chi connectivity index (χ2n) is 5.38. The van der Waals surface area contributed by atoms with Crippen molar-refractivity contribution in [3.05, 3.63) is 0 Å². The van der Waals surface area contributed by atoms with Crippen molar-refractivity contribution in [1.82, 2.24) is 4.90 Å². The number of rotatable bonds is 5. The van der Waals surface area contributed by atoms with Gasteiger partial charge in [0.15, 0.2) is 0 Å². The second-order valence-corrected chi connectivity index (χ2v) is 5.38. The molecule has 0 saturated heterocycles. The highest BCUT2D eigenvalue weighted by Crippen LogP contribution is 2.31. The van der Waals surface area contributed by atoms with Crippen LogP contribution in [0.4, 0.5) is 13.2 Å². The van der Waals surface area contributed by atoms with Crippen LogP contribution in [-0.2, 0) is 0 Å². The van der Waals surface area contributed by atoms with Gasteiger partial charge >= 0.3 is 6.18 Å². The molecule has 0 spiro atoms. The molecule has 1 aliphatic rings. The van der Waals surface area contributed by atoms with Crippen LogP contribution in [0.2, 0.25) is 0 Å². The predicted molar refractivity (Wildman–Crippen MR) is 67.3 cm³/mol. The molecule has 108 valence electrons. The van der Waals surface area contributed by atoms with E-state index in [2.05, 4.69) is 6.92 Å². The summed E-state index contributed by atoms with van der Waals surface area (Å²) in [5.74, 6) is 0.544. The van der Waals surface area contributed by atoms with Gasteiger partial charge in [0, 0.05) is 12.1 Å². The predicted octanol–water partition coefficient (Wildman–Crippen LogP) is 3.17. The van der Waals surface area contributed by atoms with Gasteiger partial charge in [-0.2, -0.15) is 13.2 Å². The SMILES string of the molecule is CCCC1CCC(N)C(N(CC)CC(F)(F)F)C1. The molecule has 0 aromatic carbocycles. The van der Waals surface area contributed by atoms with Crippen molar-refractivity contribution in [1.29, 1.82) is 0 Å². The van der Waals surface area contributed by atoms with Gasteiger partial charge in [-0.3, -0.25) is 4.90 Å². The van der Waals surface area contributed by atoms with Crippen LogP contribution >= 0.6 is 0 Å². The molecule has 0 radical (unpaired) electrons. The monoisotopic (exact) mass is 266 g/mol. The molecule has 1 aliphatic carbocycles. The number of halogens is 3. The van der Waals surface area contributed by atoms with Crippen LogP contribution in [-0.4, -0.2) is 36.2 Å². The number of alkyl halides is 3. The first-order chi connectivity index (χ1) is 8.37. The summed E-state index contributed by atoms with van der Waals surface area (Å²) in [6.07, 6.45) is 0.802. The molecule has 2 nitrogen and oxygen atoms in total. The fourth-order valence-corrected chi connectivity index (χ4v) is 3.04. The number of hydrogen-bond acceptors (Lipinski definition) is 2. The van der Waals surface area contributed by atoms with Crippen molar-refractivity contribution in [2.24, 2.45) is 11.7 Å². The lowest BCUT2D eigenvalue weighted by atomic mass is 9.80. The summed E-state index contributed by atoms with van der Waals surface area (Å²) in [5, 5.41) is 0. The molecule has 0 bridgehead atoms. The Labute approximate surface area is 108 Å². The molecule has 1 saturated carbocycles. The Morgan fingerprint density at radius 3 is 2.39 bits per heavy atom. The van der Waals surface area contributed by atoms with Crippen LogP contribution < -0.4 is 5.73 Å². The maximum absolute atomic E-state index is 12.5. The number of hydrogen-bond donors (Lipinski definition) is 1. The summed E-state index contributed by atoms with van der Waals surface area (Å²) in [6, 6.07) is -0.220. The highest BCUT2D eigenvalue weighted by molar-refractivity contribution is 4.89. The highest BCUT2D eigenvalue weighted by atomic mass is 19.4. The highest BCUT2D eigenvalue weighted by Gasteiger charge is 2.37. The number of nitrogens with two attached hydrogens (primary N) is 1. The Balaban J connectivity index is 2.63. The Morgan fingerprint density at radius 1 is 1.22 bits per heavy atom. The zero-order valence-electron chi connectivity index (χ0n) is 11.3. The van der Waals surface area contributed by atoms with Crippen LogP contribution in [0, 0.1) is 5.92 Å². The molecule has 3 unspecified atom stereocenters. The minimum atomic E-state index is -4.13. The van der Waals surface area contributed by atoms with Gasteiger partial charge in [-0.1, -0.05) is 26.7 Å². The van der Waals surface area contributed by atoms with Gasteiger partial charge in [0.25, 0.3) is 0 Å². The van der Waals surface area contributed by atoms with E-state index in [0.29, 0.717) is 12.5 Å². The van der Waals surface area contributed by atoms with Crippen molar-refractivity contribution >= 4 is 0 Å². The van der Waals surface area contributed by atoms with Crippen LogP contribution in [0.15, 0.2) is 0 Å². The van der Waals surface area contributed by atoms with Crippen LogP contribution in [0.25, 0.3) is 0 Å². The normalized spacial score (nSPS) is 29.8. The fraction of sp³-hybridized carbons (Fsp3) is 1.00. The standard InChI is InChI=1S/C13H25F3N2/c1-3-5-10-6-7-11(17)12(8-10)18(4-2)9-13(14,15)16/h10-12H,3-9,17H2,1-2H3. The van der Waals surface area contributed by atoms with Crippen molar-refractivity contribution in [2.75, 3.05) is 13.1 Å². The zero-order chi connectivity index (χ0) is 13.8. The average Bonchev–Trinajstić information content (AvgIpc) is 2.28. The summed E-state index contributed by atoms with van der Waals surface area (Å²) >= 11 is 0. The van der Waals surface area contributed by atoms with Crippen LogP contribution in [0.5, 0.6) is 0 Å². The zero-order valence-corrected chi connectivity index (χ0v) is 11.3. The molecule has 0 heterocycles. The molecular weight excluding hydrogens is 241 g/mol.